The summed E-state index contributed by atoms with van der Waals surface area (Å²) in [5.74, 6) is 0. The molecule has 2 saturated heterocycles. The van der Waals surface area contributed by atoms with Gasteiger partial charge in [-0.05, 0) is 30.5 Å². The molecule has 4 heteroatoms. The maximum atomic E-state index is 5.92. The second-order valence-corrected chi connectivity index (χ2v) is 5.95. The van der Waals surface area contributed by atoms with Crippen LogP contribution in [0.15, 0.2) is 24.3 Å². The molecule has 0 spiro atoms. The maximum absolute atomic E-state index is 5.92. The second-order valence-electron chi connectivity index (χ2n) is 5.52. The molecular weight excluding hydrogens is 258 g/mol. The standard InChI is InChI=1S/C15H22ClN3/c16-15-5-3-14(4-6-15)13-17-9-11-19(12-10-17)18-7-1-2-8-18/h3-6H,1-2,7-13H2. The molecule has 1 aromatic rings. The summed E-state index contributed by atoms with van der Waals surface area (Å²) < 4.78 is 0. The van der Waals surface area contributed by atoms with E-state index in [9.17, 15) is 0 Å². The van der Waals surface area contributed by atoms with Gasteiger partial charge >= 0.3 is 0 Å². The fourth-order valence-corrected chi connectivity index (χ4v) is 3.14. The molecule has 0 unspecified atom stereocenters. The molecule has 0 atom stereocenters. The summed E-state index contributed by atoms with van der Waals surface area (Å²) in [6.45, 7) is 8.25. The minimum absolute atomic E-state index is 0.822. The van der Waals surface area contributed by atoms with Crippen molar-refractivity contribution in [3.63, 3.8) is 0 Å². The van der Waals surface area contributed by atoms with Gasteiger partial charge in [-0.15, -0.1) is 0 Å². The van der Waals surface area contributed by atoms with Gasteiger partial charge in [0.15, 0.2) is 0 Å². The van der Waals surface area contributed by atoms with Crippen molar-refractivity contribution in [3.8, 4) is 0 Å². The van der Waals surface area contributed by atoms with Crippen LogP contribution in [0.1, 0.15) is 18.4 Å². The molecule has 3 nitrogen and oxygen atoms in total. The minimum atomic E-state index is 0.822. The molecule has 2 aliphatic heterocycles. The van der Waals surface area contributed by atoms with Crippen molar-refractivity contribution < 1.29 is 0 Å². The van der Waals surface area contributed by atoms with Crippen molar-refractivity contribution in [1.29, 1.82) is 0 Å². The van der Waals surface area contributed by atoms with E-state index in [-0.39, 0.29) is 0 Å². The van der Waals surface area contributed by atoms with E-state index in [2.05, 4.69) is 27.1 Å². The molecule has 2 heterocycles. The normalized spacial score (nSPS) is 23.0. The summed E-state index contributed by atoms with van der Waals surface area (Å²) >= 11 is 5.92. The number of rotatable bonds is 3. The lowest BCUT2D eigenvalue weighted by molar-refractivity contribution is -0.0418. The van der Waals surface area contributed by atoms with E-state index in [1.54, 1.807) is 0 Å². The quantitative estimate of drug-likeness (QED) is 0.842. The maximum Gasteiger partial charge on any atom is 0.0406 e. The number of hydrazine groups is 1. The number of piperazine rings is 1. The van der Waals surface area contributed by atoms with Crippen LogP contribution in [0.2, 0.25) is 5.02 Å². The van der Waals surface area contributed by atoms with Crippen LogP contribution in [0.3, 0.4) is 0 Å². The van der Waals surface area contributed by atoms with E-state index in [1.807, 2.05) is 12.1 Å². The Bertz CT molecular complexity index is 392. The highest BCUT2D eigenvalue weighted by Gasteiger charge is 2.23. The first-order valence-corrected chi connectivity index (χ1v) is 7.66. The molecule has 19 heavy (non-hydrogen) atoms. The van der Waals surface area contributed by atoms with E-state index in [0.29, 0.717) is 0 Å². The van der Waals surface area contributed by atoms with Crippen LogP contribution >= 0.6 is 11.6 Å². The van der Waals surface area contributed by atoms with E-state index in [1.165, 1.54) is 57.7 Å². The van der Waals surface area contributed by atoms with Gasteiger partial charge in [0.1, 0.15) is 0 Å². The van der Waals surface area contributed by atoms with E-state index < -0.39 is 0 Å². The van der Waals surface area contributed by atoms with Crippen molar-refractivity contribution in [2.75, 3.05) is 39.3 Å². The first-order valence-electron chi connectivity index (χ1n) is 7.28. The molecule has 0 aromatic heterocycles. The fraction of sp³-hybridized carbons (Fsp3) is 0.600. The lowest BCUT2D eigenvalue weighted by Gasteiger charge is -2.39. The van der Waals surface area contributed by atoms with Crippen LogP contribution in [-0.2, 0) is 6.54 Å². The molecule has 0 bridgehead atoms. The van der Waals surface area contributed by atoms with Crippen LogP contribution in [0.5, 0.6) is 0 Å². The predicted molar refractivity (Wildman–Crippen MR) is 79.1 cm³/mol. The van der Waals surface area contributed by atoms with Gasteiger partial charge in [-0.2, -0.15) is 0 Å². The highest BCUT2D eigenvalue weighted by atomic mass is 35.5. The Kier molecular flexibility index (Phi) is 4.38. The topological polar surface area (TPSA) is 9.72 Å². The summed E-state index contributed by atoms with van der Waals surface area (Å²) in [5.41, 5.74) is 1.36. The second kappa shape index (κ2) is 6.23. The van der Waals surface area contributed by atoms with E-state index in [4.69, 9.17) is 11.6 Å². The Morgan fingerprint density at radius 3 is 2.00 bits per heavy atom. The number of halogens is 1. The fourth-order valence-electron chi connectivity index (χ4n) is 3.01. The van der Waals surface area contributed by atoms with Crippen LogP contribution in [0.4, 0.5) is 0 Å². The van der Waals surface area contributed by atoms with Gasteiger partial charge in [-0.25, -0.2) is 10.0 Å². The molecule has 0 saturated carbocycles. The molecule has 104 valence electrons. The van der Waals surface area contributed by atoms with Gasteiger partial charge in [0.05, 0.1) is 0 Å². The predicted octanol–water partition coefficient (Wildman–Crippen LogP) is 2.47. The lowest BCUT2D eigenvalue weighted by Crippen LogP contribution is -2.52. The first-order chi connectivity index (χ1) is 9.31. The zero-order chi connectivity index (χ0) is 13.1. The Morgan fingerprint density at radius 1 is 0.789 bits per heavy atom. The minimum Gasteiger partial charge on any atom is -0.296 e. The first kappa shape index (κ1) is 13.4. The van der Waals surface area contributed by atoms with Crippen molar-refractivity contribution in [3.05, 3.63) is 34.9 Å². The number of hydrogen-bond acceptors (Lipinski definition) is 3. The van der Waals surface area contributed by atoms with Crippen LogP contribution in [0, 0.1) is 0 Å². The van der Waals surface area contributed by atoms with Crippen molar-refractivity contribution in [1.82, 2.24) is 14.9 Å². The number of benzene rings is 1. The van der Waals surface area contributed by atoms with Crippen molar-refractivity contribution in [2.24, 2.45) is 0 Å². The summed E-state index contributed by atoms with van der Waals surface area (Å²) in [6, 6.07) is 8.24. The number of nitrogens with zero attached hydrogens (tertiary/aromatic N) is 3. The molecule has 2 fully saturated rings. The van der Waals surface area contributed by atoms with Gasteiger partial charge in [-0.3, -0.25) is 4.90 Å². The summed E-state index contributed by atoms with van der Waals surface area (Å²) in [4.78, 5) is 2.54. The van der Waals surface area contributed by atoms with Gasteiger partial charge in [0.25, 0.3) is 0 Å². The van der Waals surface area contributed by atoms with Gasteiger partial charge in [0.2, 0.25) is 0 Å². The third-order valence-corrected chi connectivity index (χ3v) is 4.40. The molecule has 0 amide bonds. The smallest absolute Gasteiger partial charge is 0.0406 e. The van der Waals surface area contributed by atoms with Crippen LogP contribution in [-0.4, -0.2) is 54.2 Å². The largest absolute Gasteiger partial charge is 0.296 e. The van der Waals surface area contributed by atoms with E-state index >= 15 is 0 Å². The van der Waals surface area contributed by atoms with Crippen LogP contribution in [0.25, 0.3) is 0 Å². The molecule has 0 radical (unpaired) electrons. The molecule has 2 aliphatic rings. The van der Waals surface area contributed by atoms with E-state index in [0.717, 1.165) is 11.6 Å². The van der Waals surface area contributed by atoms with Crippen LogP contribution < -0.4 is 0 Å². The van der Waals surface area contributed by atoms with Gasteiger partial charge in [0, 0.05) is 50.8 Å². The molecule has 3 rings (SSSR count). The Hall–Kier alpha value is -0.610. The van der Waals surface area contributed by atoms with Crippen molar-refractivity contribution >= 4 is 11.6 Å². The third-order valence-electron chi connectivity index (χ3n) is 4.15. The summed E-state index contributed by atoms with van der Waals surface area (Å²) in [6.07, 6.45) is 2.73. The SMILES string of the molecule is Clc1ccc(CN2CCN(N3CCCC3)CC2)cc1. The molecular formula is C15H22ClN3. The third kappa shape index (κ3) is 3.48. The lowest BCUT2D eigenvalue weighted by atomic mass is 10.2. The Balaban J connectivity index is 1.48. The average Bonchev–Trinajstić information content (AvgIpc) is 2.96. The van der Waals surface area contributed by atoms with Gasteiger partial charge in [-0.1, -0.05) is 23.7 Å². The van der Waals surface area contributed by atoms with Gasteiger partial charge < -0.3 is 0 Å². The Labute approximate surface area is 120 Å². The zero-order valence-corrected chi connectivity index (χ0v) is 12.1. The molecule has 0 aliphatic carbocycles. The molecule has 0 N–H and O–H groups in total. The summed E-state index contributed by atoms with van der Waals surface area (Å²) in [5, 5.41) is 5.91. The van der Waals surface area contributed by atoms with Crippen molar-refractivity contribution in [2.45, 2.75) is 19.4 Å². The highest BCUT2D eigenvalue weighted by Crippen LogP contribution is 2.16. The zero-order valence-electron chi connectivity index (χ0n) is 11.4. The monoisotopic (exact) mass is 279 g/mol. The Morgan fingerprint density at radius 2 is 1.37 bits per heavy atom. The highest BCUT2D eigenvalue weighted by molar-refractivity contribution is 6.30. The number of hydrogen-bond donors (Lipinski definition) is 0. The summed E-state index contributed by atoms with van der Waals surface area (Å²) in [7, 11) is 0. The molecule has 1 aromatic carbocycles. The average molecular weight is 280 g/mol.